The highest BCUT2D eigenvalue weighted by atomic mass is 16.5. The first kappa shape index (κ1) is 11.4. The standard InChI is InChI=1S/C13H13NO3/c1-2-9-7-12(17-8-13(15)16)10-5-3-4-6-11(10)14-9/h3-7H,2,8H2,1H3,(H,15,16). The van der Waals surface area contributed by atoms with Crippen molar-refractivity contribution in [3.05, 3.63) is 36.0 Å². The SMILES string of the molecule is CCc1cc(OCC(=O)O)c2ccccc2n1. The van der Waals surface area contributed by atoms with Crippen molar-refractivity contribution >= 4 is 16.9 Å². The number of fused-ring (bicyclic) bond motifs is 1. The molecule has 0 radical (unpaired) electrons. The van der Waals surface area contributed by atoms with Crippen LogP contribution in [0.5, 0.6) is 5.75 Å². The molecule has 1 N–H and O–H groups in total. The van der Waals surface area contributed by atoms with Crippen LogP contribution in [-0.2, 0) is 11.2 Å². The molecule has 1 heterocycles. The molecule has 17 heavy (non-hydrogen) atoms. The van der Waals surface area contributed by atoms with Crippen LogP contribution in [0.1, 0.15) is 12.6 Å². The fraction of sp³-hybridized carbons (Fsp3) is 0.231. The Kier molecular flexibility index (Phi) is 3.23. The smallest absolute Gasteiger partial charge is 0.341 e. The van der Waals surface area contributed by atoms with Gasteiger partial charge in [0.2, 0.25) is 0 Å². The molecule has 0 aliphatic heterocycles. The highest BCUT2D eigenvalue weighted by Crippen LogP contribution is 2.25. The van der Waals surface area contributed by atoms with Crippen molar-refractivity contribution in [3.63, 3.8) is 0 Å². The third-order valence-electron chi connectivity index (χ3n) is 2.44. The molecule has 0 amide bonds. The Morgan fingerprint density at radius 1 is 1.41 bits per heavy atom. The molecule has 2 aromatic rings. The van der Waals surface area contributed by atoms with Gasteiger partial charge in [-0.3, -0.25) is 4.98 Å². The number of aryl methyl sites for hydroxylation is 1. The van der Waals surface area contributed by atoms with Gasteiger partial charge < -0.3 is 9.84 Å². The van der Waals surface area contributed by atoms with Gasteiger partial charge in [-0.15, -0.1) is 0 Å². The lowest BCUT2D eigenvalue weighted by Gasteiger charge is -2.09. The van der Waals surface area contributed by atoms with E-state index < -0.39 is 5.97 Å². The Balaban J connectivity index is 2.46. The number of carbonyl (C=O) groups is 1. The molecule has 1 aromatic heterocycles. The third kappa shape index (κ3) is 2.53. The molecular weight excluding hydrogens is 218 g/mol. The molecule has 4 heteroatoms. The predicted octanol–water partition coefficient (Wildman–Crippen LogP) is 2.26. The second kappa shape index (κ2) is 4.82. The second-order valence-corrected chi connectivity index (χ2v) is 3.66. The molecule has 0 saturated carbocycles. The van der Waals surface area contributed by atoms with Crippen LogP contribution >= 0.6 is 0 Å². The number of rotatable bonds is 4. The van der Waals surface area contributed by atoms with Crippen LogP contribution < -0.4 is 4.74 Å². The minimum Gasteiger partial charge on any atom is -0.481 e. The third-order valence-corrected chi connectivity index (χ3v) is 2.44. The topological polar surface area (TPSA) is 59.4 Å². The van der Waals surface area contributed by atoms with Gasteiger partial charge in [0.05, 0.1) is 5.52 Å². The van der Waals surface area contributed by atoms with Crippen molar-refractivity contribution in [1.82, 2.24) is 4.98 Å². The van der Waals surface area contributed by atoms with E-state index in [-0.39, 0.29) is 6.61 Å². The minimum absolute atomic E-state index is 0.336. The monoisotopic (exact) mass is 231 g/mol. The summed E-state index contributed by atoms with van der Waals surface area (Å²) in [6.45, 7) is 1.66. The van der Waals surface area contributed by atoms with Gasteiger partial charge in [0.1, 0.15) is 5.75 Å². The summed E-state index contributed by atoms with van der Waals surface area (Å²) in [6, 6.07) is 9.34. The fourth-order valence-corrected chi connectivity index (χ4v) is 1.64. The molecule has 0 aliphatic carbocycles. The molecule has 0 saturated heterocycles. The van der Waals surface area contributed by atoms with Crippen molar-refractivity contribution in [3.8, 4) is 5.75 Å². The first-order chi connectivity index (χ1) is 8.20. The summed E-state index contributed by atoms with van der Waals surface area (Å²) in [5.74, 6) is -0.404. The maximum atomic E-state index is 10.5. The largest absolute Gasteiger partial charge is 0.481 e. The number of benzene rings is 1. The van der Waals surface area contributed by atoms with E-state index in [0.717, 1.165) is 23.0 Å². The van der Waals surface area contributed by atoms with E-state index in [1.54, 1.807) is 6.07 Å². The van der Waals surface area contributed by atoms with Gasteiger partial charge in [0, 0.05) is 17.1 Å². The molecule has 0 atom stereocenters. The number of pyridine rings is 1. The van der Waals surface area contributed by atoms with Crippen LogP contribution in [0.4, 0.5) is 0 Å². The van der Waals surface area contributed by atoms with Crippen molar-refractivity contribution in [1.29, 1.82) is 0 Å². The predicted molar refractivity (Wildman–Crippen MR) is 64.3 cm³/mol. The van der Waals surface area contributed by atoms with E-state index in [4.69, 9.17) is 9.84 Å². The van der Waals surface area contributed by atoms with E-state index in [0.29, 0.717) is 5.75 Å². The molecule has 4 nitrogen and oxygen atoms in total. The molecule has 0 aliphatic rings. The lowest BCUT2D eigenvalue weighted by molar-refractivity contribution is -0.139. The second-order valence-electron chi connectivity index (χ2n) is 3.66. The first-order valence-corrected chi connectivity index (χ1v) is 5.44. The Morgan fingerprint density at radius 3 is 2.88 bits per heavy atom. The zero-order valence-corrected chi connectivity index (χ0v) is 9.51. The highest BCUT2D eigenvalue weighted by Gasteiger charge is 2.07. The average Bonchev–Trinajstić information content (AvgIpc) is 2.35. The Labute approximate surface area is 98.9 Å². The molecule has 88 valence electrons. The normalized spacial score (nSPS) is 10.4. The zero-order valence-electron chi connectivity index (χ0n) is 9.51. The summed E-state index contributed by atoms with van der Waals surface area (Å²) in [5.41, 5.74) is 1.72. The lowest BCUT2D eigenvalue weighted by atomic mass is 10.1. The van der Waals surface area contributed by atoms with Crippen LogP contribution in [0.15, 0.2) is 30.3 Å². The van der Waals surface area contributed by atoms with E-state index in [2.05, 4.69) is 4.98 Å². The molecular formula is C13H13NO3. The summed E-state index contributed by atoms with van der Waals surface area (Å²) < 4.78 is 5.28. The number of nitrogens with zero attached hydrogens (tertiary/aromatic N) is 1. The number of hydrogen-bond donors (Lipinski definition) is 1. The van der Waals surface area contributed by atoms with Gasteiger partial charge >= 0.3 is 5.97 Å². The summed E-state index contributed by atoms with van der Waals surface area (Å²) in [6.07, 6.45) is 0.786. The van der Waals surface area contributed by atoms with Gasteiger partial charge in [-0.05, 0) is 18.6 Å². The van der Waals surface area contributed by atoms with E-state index >= 15 is 0 Å². The van der Waals surface area contributed by atoms with Crippen LogP contribution in [0.2, 0.25) is 0 Å². The molecule has 2 rings (SSSR count). The number of ether oxygens (including phenoxy) is 1. The highest BCUT2D eigenvalue weighted by molar-refractivity contribution is 5.85. The van der Waals surface area contributed by atoms with Crippen LogP contribution in [0.3, 0.4) is 0 Å². The molecule has 1 aromatic carbocycles. The van der Waals surface area contributed by atoms with Gasteiger partial charge in [-0.25, -0.2) is 4.79 Å². The maximum Gasteiger partial charge on any atom is 0.341 e. The Hall–Kier alpha value is -2.10. The van der Waals surface area contributed by atoms with Gasteiger partial charge in [-0.2, -0.15) is 0 Å². The van der Waals surface area contributed by atoms with Crippen molar-refractivity contribution in [2.45, 2.75) is 13.3 Å². The van der Waals surface area contributed by atoms with Gasteiger partial charge in [-0.1, -0.05) is 19.1 Å². The Morgan fingerprint density at radius 2 is 2.18 bits per heavy atom. The number of aliphatic carboxylic acids is 1. The Bertz CT molecular complexity index is 551. The number of carboxylic acids is 1. The van der Waals surface area contributed by atoms with Crippen LogP contribution in [0.25, 0.3) is 10.9 Å². The van der Waals surface area contributed by atoms with Crippen LogP contribution in [-0.4, -0.2) is 22.7 Å². The number of aromatic nitrogens is 1. The molecule has 0 unspecified atom stereocenters. The summed E-state index contributed by atoms with van der Waals surface area (Å²) >= 11 is 0. The quantitative estimate of drug-likeness (QED) is 0.876. The maximum absolute atomic E-state index is 10.5. The van der Waals surface area contributed by atoms with E-state index in [9.17, 15) is 4.79 Å². The fourth-order valence-electron chi connectivity index (χ4n) is 1.64. The van der Waals surface area contributed by atoms with Gasteiger partial charge in [0.25, 0.3) is 0 Å². The summed E-state index contributed by atoms with van der Waals surface area (Å²) in [5, 5.41) is 9.47. The van der Waals surface area contributed by atoms with Gasteiger partial charge in [0.15, 0.2) is 6.61 Å². The minimum atomic E-state index is -0.982. The van der Waals surface area contributed by atoms with E-state index in [1.807, 2.05) is 31.2 Å². The van der Waals surface area contributed by atoms with Crippen molar-refractivity contribution < 1.29 is 14.6 Å². The number of para-hydroxylation sites is 1. The summed E-state index contributed by atoms with van der Waals surface area (Å²) in [4.78, 5) is 15.0. The van der Waals surface area contributed by atoms with Crippen molar-refractivity contribution in [2.75, 3.05) is 6.61 Å². The zero-order chi connectivity index (χ0) is 12.3. The van der Waals surface area contributed by atoms with Crippen molar-refractivity contribution in [2.24, 2.45) is 0 Å². The average molecular weight is 231 g/mol. The van der Waals surface area contributed by atoms with E-state index in [1.165, 1.54) is 0 Å². The molecule has 0 fully saturated rings. The first-order valence-electron chi connectivity index (χ1n) is 5.44. The number of hydrogen-bond acceptors (Lipinski definition) is 3. The van der Waals surface area contributed by atoms with Crippen LogP contribution in [0, 0.1) is 0 Å². The lowest BCUT2D eigenvalue weighted by Crippen LogP contribution is -2.10. The summed E-state index contributed by atoms with van der Waals surface area (Å²) in [7, 11) is 0. The molecule has 0 bridgehead atoms. The molecule has 0 spiro atoms. The number of carboxylic acid groups (broad SMARTS) is 1.